The summed E-state index contributed by atoms with van der Waals surface area (Å²) in [4.78, 5) is 25.9. The third-order valence-electron chi connectivity index (χ3n) is 5.23. The van der Waals surface area contributed by atoms with Crippen molar-refractivity contribution in [2.24, 2.45) is 0 Å². The van der Waals surface area contributed by atoms with Gasteiger partial charge in [-0.05, 0) is 30.3 Å². The minimum Gasteiger partial charge on any atom is -0.493 e. The molecule has 0 atom stereocenters. The zero-order valence-corrected chi connectivity index (χ0v) is 17.2. The number of benzene rings is 2. The van der Waals surface area contributed by atoms with Gasteiger partial charge in [0.05, 0.1) is 33.0 Å². The van der Waals surface area contributed by atoms with Crippen LogP contribution in [-0.4, -0.2) is 51.7 Å². The van der Waals surface area contributed by atoms with Crippen molar-refractivity contribution in [2.75, 3.05) is 39.2 Å². The standard InChI is InChI=1S/C22H26FN3O4/c1-29-19-8-7-15(13-20(19)30-2)22(28)24-16-9-11-26(12-10-16)14-21(27)25-18-6-4-3-5-17(18)23/h3-8,13,16H,9-12,14H2,1-2H3,(H,24,28)(H,25,27)/p+1. The van der Waals surface area contributed by atoms with Gasteiger partial charge in [0.2, 0.25) is 0 Å². The molecule has 0 radical (unpaired) electrons. The molecule has 1 heterocycles. The van der Waals surface area contributed by atoms with Crippen LogP contribution in [0, 0.1) is 5.82 Å². The fourth-order valence-corrected chi connectivity index (χ4v) is 3.58. The van der Waals surface area contributed by atoms with Crippen molar-refractivity contribution in [1.82, 2.24) is 5.32 Å². The third kappa shape index (κ3) is 5.48. The summed E-state index contributed by atoms with van der Waals surface area (Å²) in [6, 6.07) is 11.2. The van der Waals surface area contributed by atoms with Gasteiger partial charge in [-0.25, -0.2) is 4.39 Å². The Morgan fingerprint density at radius 2 is 1.77 bits per heavy atom. The highest BCUT2D eigenvalue weighted by molar-refractivity contribution is 5.95. The number of anilines is 1. The van der Waals surface area contributed by atoms with Crippen molar-refractivity contribution in [1.29, 1.82) is 0 Å². The minimum atomic E-state index is -0.447. The van der Waals surface area contributed by atoms with Crippen LogP contribution in [0.1, 0.15) is 23.2 Å². The van der Waals surface area contributed by atoms with E-state index in [1.807, 2.05) is 0 Å². The van der Waals surface area contributed by atoms with E-state index < -0.39 is 5.82 Å². The summed E-state index contributed by atoms with van der Waals surface area (Å²) in [5, 5.41) is 5.66. The largest absolute Gasteiger partial charge is 0.493 e. The number of carbonyl (C=O) groups is 2. The first kappa shape index (κ1) is 21.6. The number of para-hydroxylation sites is 1. The van der Waals surface area contributed by atoms with E-state index in [1.54, 1.807) is 43.5 Å². The lowest BCUT2D eigenvalue weighted by atomic mass is 10.0. The number of carbonyl (C=O) groups excluding carboxylic acids is 2. The van der Waals surface area contributed by atoms with Gasteiger partial charge in [0.1, 0.15) is 5.82 Å². The van der Waals surface area contributed by atoms with E-state index in [2.05, 4.69) is 10.6 Å². The summed E-state index contributed by atoms with van der Waals surface area (Å²) >= 11 is 0. The number of nitrogens with one attached hydrogen (secondary N) is 3. The van der Waals surface area contributed by atoms with Crippen LogP contribution in [-0.2, 0) is 4.79 Å². The van der Waals surface area contributed by atoms with Gasteiger partial charge in [-0.15, -0.1) is 0 Å². The predicted octanol–water partition coefficient (Wildman–Crippen LogP) is 1.26. The highest BCUT2D eigenvalue weighted by atomic mass is 19.1. The maximum absolute atomic E-state index is 13.7. The Bertz CT molecular complexity index is 898. The Morgan fingerprint density at radius 1 is 1.07 bits per heavy atom. The van der Waals surface area contributed by atoms with Gasteiger partial charge in [-0.3, -0.25) is 9.59 Å². The molecule has 7 nitrogen and oxygen atoms in total. The fourth-order valence-electron chi connectivity index (χ4n) is 3.58. The summed E-state index contributed by atoms with van der Waals surface area (Å²) in [5.74, 6) is 0.243. The molecule has 8 heteroatoms. The fraction of sp³-hybridized carbons (Fsp3) is 0.364. The quantitative estimate of drug-likeness (QED) is 0.635. The average molecular weight is 416 g/mol. The Hall–Kier alpha value is -3.13. The molecule has 160 valence electrons. The molecule has 1 fully saturated rings. The lowest BCUT2D eigenvalue weighted by molar-refractivity contribution is -0.897. The van der Waals surface area contributed by atoms with Crippen molar-refractivity contribution >= 4 is 17.5 Å². The molecule has 2 aromatic rings. The SMILES string of the molecule is COc1ccc(C(=O)NC2CC[NH+](CC(=O)Nc3ccccc3F)CC2)cc1OC. The summed E-state index contributed by atoms with van der Waals surface area (Å²) in [6.45, 7) is 1.77. The number of methoxy groups -OCH3 is 2. The second-order valence-electron chi connectivity index (χ2n) is 7.27. The topological polar surface area (TPSA) is 81.1 Å². The van der Waals surface area contributed by atoms with Crippen LogP contribution in [0.5, 0.6) is 11.5 Å². The van der Waals surface area contributed by atoms with Gasteiger partial charge in [0.25, 0.3) is 11.8 Å². The molecule has 0 unspecified atom stereocenters. The van der Waals surface area contributed by atoms with Gasteiger partial charge in [0, 0.05) is 24.4 Å². The van der Waals surface area contributed by atoms with E-state index in [-0.39, 0.29) is 30.1 Å². The molecule has 2 aromatic carbocycles. The molecule has 3 rings (SSSR count). The number of hydrogen-bond donors (Lipinski definition) is 3. The summed E-state index contributed by atoms with van der Waals surface area (Å²) in [5.41, 5.74) is 0.700. The number of hydrogen-bond acceptors (Lipinski definition) is 4. The zero-order chi connectivity index (χ0) is 21.5. The summed E-state index contributed by atoms with van der Waals surface area (Å²) in [6.07, 6.45) is 1.53. The van der Waals surface area contributed by atoms with E-state index in [4.69, 9.17) is 9.47 Å². The van der Waals surface area contributed by atoms with Gasteiger partial charge in [-0.2, -0.15) is 0 Å². The molecule has 1 aliphatic heterocycles. The van der Waals surface area contributed by atoms with Crippen molar-refractivity contribution in [3.63, 3.8) is 0 Å². The first-order valence-electron chi connectivity index (χ1n) is 9.91. The van der Waals surface area contributed by atoms with Gasteiger partial charge < -0.3 is 25.0 Å². The first-order chi connectivity index (χ1) is 14.5. The van der Waals surface area contributed by atoms with Crippen molar-refractivity contribution in [3.05, 3.63) is 53.8 Å². The van der Waals surface area contributed by atoms with Crippen LogP contribution in [0.3, 0.4) is 0 Å². The van der Waals surface area contributed by atoms with Gasteiger partial charge in [-0.1, -0.05) is 12.1 Å². The highest BCUT2D eigenvalue weighted by Gasteiger charge is 2.25. The third-order valence-corrected chi connectivity index (χ3v) is 5.23. The number of likely N-dealkylation sites (tertiary alicyclic amines) is 1. The molecular weight excluding hydrogens is 389 g/mol. The second kappa shape index (κ2) is 10.1. The smallest absolute Gasteiger partial charge is 0.279 e. The number of piperidine rings is 1. The van der Waals surface area contributed by atoms with E-state index in [1.165, 1.54) is 13.2 Å². The molecule has 30 heavy (non-hydrogen) atoms. The maximum Gasteiger partial charge on any atom is 0.279 e. The molecule has 0 bridgehead atoms. The Kier molecular flexibility index (Phi) is 7.24. The Labute approximate surface area is 175 Å². The van der Waals surface area contributed by atoms with Crippen molar-refractivity contribution in [2.45, 2.75) is 18.9 Å². The van der Waals surface area contributed by atoms with Crippen molar-refractivity contribution < 1.29 is 28.4 Å². The van der Waals surface area contributed by atoms with Gasteiger partial charge >= 0.3 is 0 Å². The molecule has 2 amide bonds. The van der Waals surface area contributed by atoms with Crippen LogP contribution in [0.4, 0.5) is 10.1 Å². The second-order valence-corrected chi connectivity index (χ2v) is 7.27. The minimum absolute atomic E-state index is 0.0453. The molecule has 1 saturated heterocycles. The molecule has 0 spiro atoms. The number of halogens is 1. The molecule has 1 aliphatic rings. The summed E-state index contributed by atoms with van der Waals surface area (Å²) < 4.78 is 24.1. The van der Waals surface area contributed by atoms with E-state index >= 15 is 0 Å². The molecule has 0 saturated carbocycles. The average Bonchev–Trinajstić information content (AvgIpc) is 2.76. The van der Waals surface area contributed by atoms with Gasteiger partial charge in [0.15, 0.2) is 18.0 Å². The molecule has 0 aromatic heterocycles. The number of ether oxygens (including phenoxy) is 2. The van der Waals surface area contributed by atoms with Crippen molar-refractivity contribution in [3.8, 4) is 11.5 Å². The molecule has 0 aliphatic carbocycles. The monoisotopic (exact) mass is 416 g/mol. The Balaban J connectivity index is 1.47. The van der Waals surface area contributed by atoms with Crippen LogP contribution < -0.4 is 25.0 Å². The normalized spacial score (nSPS) is 18.4. The predicted molar refractivity (Wildman–Crippen MR) is 111 cm³/mol. The first-order valence-corrected chi connectivity index (χ1v) is 9.91. The maximum atomic E-state index is 13.7. The zero-order valence-electron chi connectivity index (χ0n) is 17.2. The van der Waals surface area contributed by atoms with Crippen LogP contribution in [0.15, 0.2) is 42.5 Å². The molecular formula is C22H27FN3O4+. The van der Waals surface area contributed by atoms with Crippen LogP contribution in [0.25, 0.3) is 0 Å². The van der Waals surface area contributed by atoms with Crippen LogP contribution in [0.2, 0.25) is 0 Å². The summed E-state index contributed by atoms with van der Waals surface area (Å²) in [7, 11) is 3.07. The molecule has 3 N–H and O–H groups in total. The number of quaternary nitrogens is 1. The number of rotatable bonds is 7. The van der Waals surface area contributed by atoms with E-state index in [0.717, 1.165) is 30.8 Å². The van der Waals surface area contributed by atoms with E-state index in [9.17, 15) is 14.0 Å². The number of amides is 2. The Morgan fingerprint density at radius 3 is 2.43 bits per heavy atom. The van der Waals surface area contributed by atoms with E-state index in [0.29, 0.717) is 17.1 Å². The lowest BCUT2D eigenvalue weighted by Crippen LogP contribution is -3.14. The highest BCUT2D eigenvalue weighted by Crippen LogP contribution is 2.27. The van der Waals surface area contributed by atoms with Crippen LogP contribution >= 0.6 is 0 Å². The lowest BCUT2D eigenvalue weighted by Gasteiger charge is -2.29.